The second-order valence-corrected chi connectivity index (χ2v) is 3.54. The normalized spacial score (nSPS) is 10.8. The molecule has 2 aromatic rings. The maximum absolute atomic E-state index is 13.1. The van der Waals surface area contributed by atoms with E-state index in [-0.39, 0.29) is 10.5 Å². The van der Waals surface area contributed by atoms with Crippen molar-refractivity contribution in [2.24, 2.45) is 0 Å². The lowest BCUT2D eigenvalue weighted by atomic mass is 10.2. The van der Waals surface area contributed by atoms with E-state index in [2.05, 4.69) is 4.98 Å². The first-order valence-corrected chi connectivity index (χ1v) is 4.44. The van der Waals surface area contributed by atoms with Crippen LogP contribution in [0.5, 0.6) is 0 Å². The van der Waals surface area contributed by atoms with Gasteiger partial charge in [-0.15, -0.1) is 0 Å². The molecular formula is C10H7ClFNO. The molecule has 2 nitrogen and oxygen atoms in total. The van der Waals surface area contributed by atoms with Gasteiger partial charge in [0.05, 0.1) is 10.5 Å². The predicted molar refractivity (Wildman–Crippen MR) is 54.3 cm³/mol. The van der Waals surface area contributed by atoms with Gasteiger partial charge in [-0.25, -0.2) is 4.39 Å². The zero-order valence-corrected chi connectivity index (χ0v) is 8.15. The number of rotatable bonds is 0. The quantitative estimate of drug-likeness (QED) is 0.714. The molecule has 2 rings (SSSR count). The van der Waals surface area contributed by atoms with E-state index in [0.29, 0.717) is 16.6 Å². The van der Waals surface area contributed by atoms with Gasteiger partial charge in [0.15, 0.2) is 5.43 Å². The molecule has 1 aromatic carbocycles. The second-order valence-electron chi connectivity index (χ2n) is 3.13. The summed E-state index contributed by atoms with van der Waals surface area (Å²) in [6.45, 7) is 1.74. The van der Waals surface area contributed by atoms with Gasteiger partial charge in [-0.05, 0) is 19.1 Å². The van der Waals surface area contributed by atoms with Crippen molar-refractivity contribution in [3.8, 4) is 0 Å². The van der Waals surface area contributed by atoms with Crippen LogP contribution in [0.15, 0.2) is 23.0 Å². The topological polar surface area (TPSA) is 32.9 Å². The van der Waals surface area contributed by atoms with Crippen molar-refractivity contribution in [2.75, 3.05) is 0 Å². The zero-order chi connectivity index (χ0) is 10.3. The molecule has 0 unspecified atom stereocenters. The summed E-state index contributed by atoms with van der Waals surface area (Å²) in [5.41, 5.74) is 1.01. The number of hydrogen-bond acceptors (Lipinski definition) is 1. The van der Waals surface area contributed by atoms with Crippen molar-refractivity contribution < 1.29 is 4.39 Å². The van der Waals surface area contributed by atoms with Crippen LogP contribution in [-0.4, -0.2) is 4.98 Å². The Labute approximate surface area is 84.3 Å². The molecule has 1 N–H and O–H groups in total. The van der Waals surface area contributed by atoms with Crippen LogP contribution in [0.2, 0.25) is 5.02 Å². The van der Waals surface area contributed by atoms with Crippen LogP contribution in [0, 0.1) is 12.7 Å². The van der Waals surface area contributed by atoms with Gasteiger partial charge >= 0.3 is 0 Å². The molecule has 0 aliphatic carbocycles. The molecule has 0 saturated carbocycles. The van der Waals surface area contributed by atoms with Gasteiger partial charge in [-0.2, -0.15) is 0 Å². The smallest absolute Gasteiger partial charge is 0.189 e. The Morgan fingerprint density at radius 1 is 1.36 bits per heavy atom. The van der Waals surface area contributed by atoms with Gasteiger partial charge in [0.25, 0.3) is 0 Å². The van der Waals surface area contributed by atoms with Crippen molar-refractivity contribution in [3.63, 3.8) is 0 Å². The first kappa shape index (κ1) is 9.21. The van der Waals surface area contributed by atoms with Crippen LogP contribution in [0.1, 0.15) is 5.69 Å². The van der Waals surface area contributed by atoms with E-state index in [0.717, 1.165) is 0 Å². The molecular weight excluding hydrogens is 205 g/mol. The minimum absolute atomic E-state index is 0.0353. The molecule has 14 heavy (non-hydrogen) atoms. The van der Waals surface area contributed by atoms with Crippen molar-refractivity contribution in [2.45, 2.75) is 6.92 Å². The number of aryl methyl sites for hydroxylation is 1. The number of aromatic nitrogens is 1. The first-order valence-electron chi connectivity index (χ1n) is 4.06. The fraction of sp³-hybridized carbons (Fsp3) is 0.100. The second kappa shape index (κ2) is 3.10. The average molecular weight is 212 g/mol. The van der Waals surface area contributed by atoms with Gasteiger partial charge in [-0.3, -0.25) is 4.79 Å². The Kier molecular flexibility index (Phi) is 2.04. The minimum Gasteiger partial charge on any atom is -0.358 e. The third-order valence-electron chi connectivity index (χ3n) is 2.01. The van der Waals surface area contributed by atoms with E-state index in [9.17, 15) is 9.18 Å². The highest BCUT2D eigenvalue weighted by Crippen LogP contribution is 2.19. The van der Waals surface area contributed by atoms with Crippen LogP contribution >= 0.6 is 11.6 Å². The molecule has 0 saturated heterocycles. The summed E-state index contributed by atoms with van der Waals surface area (Å²) >= 11 is 5.57. The highest BCUT2D eigenvalue weighted by atomic mass is 35.5. The van der Waals surface area contributed by atoms with Crippen LogP contribution in [0.25, 0.3) is 10.9 Å². The SMILES string of the molecule is Cc1cc(=O)c2cc(Cl)c(F)cc2[nH]1. The van der Waals surface area contributed by atoms with Gasteiger partial charge in [0, 0.05) is 17.1 Å². The number of H-pyrrole nitrogens is 1. The number of pyridine rings is 1. The van der Waals surface area contributed by atoms with Gasteiger partial charge < -0.3 is 4.98 Å². The molecule has 1 aromatic heterocycles. The van der Waals surface area contributed by atoms with E-state index in [1.54, 1.807) is 6.92 Å². The molecule has 1 heterocycles. The number of halogens is 2. The van der Waals surface area contributed by atoms with E-state index >= 15 is 0 Å². The summed E-state index contributed by atoms with van der Waals surface area (Å²) in [6.07, 6.45) is 0. The van der Waals surface area contributed by atoms with Crippen LogP contribution in [0.3, 0.4) is 0 Å². The minimum atomic E-state index is -0.527. The Morgan fingerprint density at radius 2 is 2.07 bits per heavy atom. The summed E-state index contributed by atoms with van der Waals surface area (Å²) in [5, 5.41) is 0.369. The highest BCUT2D eigenvalue weighted by molar-refractivity contribution is 6.31. The molecule has 0 radical (unpaired) electrons. The molecule has 0 fully saturated rings. The maximum atomic E-state index is 13.1. The number of hydrogen-bond donors (Lipinski definition) is 1. The lowest BCUT2D eigenvalue weighted by Gasteiger charge is -2.01. The zero-order valence-electron chi connectivity index (χ0n) is 7.40. The van der Waals surface area contributed by atoms with Crippen molar-refractivity contribution in [3.05, 3.63) is 45.0 Å². The lowest BCUT2D eigenvalue weighted by Crippen LogP contribution is -2.03. The van der Waals surface area contributed by atoms with Crippen molar-refractivity contribution >= 4 is 22.5 Å². The van der Waals surface area contributed by atoms with Crippen molar-refractivity contribution in [1.82, 2.24) is 4.98 Å². The molecule has 72 valence electrons. The van der Waals surface area contributed by atoms with Crippen LogP contribution < -0.4 is 5.43 Å². The molecule has 0 spiro atoms. The molecule has 4 heteroatoms. The third kappa shape index (κ3) is 1.40. The largest absolute Gasteiger partial charge is 0.358 e. The van der Waals surface area contributed by atoms with Gasteiger partial charge in [-0.1, -0.05) is 11.6 Å². The first-order chi connectivity index (χ1) is 6.58. The predicted octanol–water partition coefficient (Wildman–Crippen LogP) is 2.63. The van der Waals surface area contributed by atoms with Crippen LogP contribution in [-0.2, 0) is 0 Å². The average Bonchev–Trinajstić information content (AvgIpc) is 2.08. The Bertz CT molecular complexity index is 562. The van der Waals surface area contributed by atoms with Crippen molar-refractivity contribution in [1.29, 1.82) is 0 Å². The summed E-state index contributed by atoms with van der Waals surface area (Å²) in [5.74, 6) is -0.527. The number of nitrogens with one attached hydrogen (secondary N) is 1. The molecule has 0 aliphatic rings. The summed E-state index contributed by atoms with van der Waals surface area (Å²) < 4.78 is 13.1. The number of fused-ring (bicyclic) bond motifs is 1. The summed E-state index contributed by atoms with van der Waals surface area (Å²) in [6, 6.07) is 4.02. The Hall–Kier alpha value is -1.35. The maximum Gasteiger partial charge on any atom is 0.189 e. The third-order valence-corrected chi connectivity index (χ3v) is 2.29. The van der Waals surface area contributed by atoms with Gasteiger partial charge in [0.1, 0.15) is 5.82 Å². The van der Waals surface area contributed by atoms with E-state index in [4.69, 9.17) is 11.6 Å². The lowest BCUT2D eigenvalue weighted by molar-refractivity contribution is 0.629. The summed E-state index contributed by atoms with van der Waals surface area (Å²) in [7, 11) is 0. The number of aromatic amines is 1. The monoisotopic (exact) mass is 211 g/mol. The fourth-order valence-electron chi connectivity index (χ4n) is 1.38. The van der Waals surface area contributed by atoms with E-state index in [1.165, 1.54) is 18.2 Å². The molecule has 0 bridgehead atoms. The van der Waals surface area contributed by atoms with Gasteiger partial charge in [0.2, 0.25) is 0 Å². The Morgan fingerprint density at radius 3 is 2.79 bits per heavy atom. The summed E-state index contributed by atoms with van der Waals surface area (Å²) in [4.78, 5) is 14.4. The molecule has 0 aliphatic heterocycles. The highest BCUT2D eigenvalue weighted by Gasteiger charge is 2.05. The fourth-order valence-corrected chi connectivity index (χ4v) is 1.54. The van der Waals surface area contributed by atoms with Crippen LogP contribution in [0.4, 0.5) is 4.39 Å². The number of benzene rings is 1. The van der Waals surface area contributed by atoms with E-state index in [1.807, 2.05) is 0 Å². The Balaban J connectivity index is 2.96. The standard InChI is InChI=1S/C10H7ClFNO/c1-5-2-10(14)6-3-7(11)8(12)4-9(6)13-5/h2-4H,1H3,(H,13,14). The molecule has 0 amide bonds. The van der Waals surface area contributed by atoms with E-state index < -0.39 is 5.82 Å². The molecule has 0 atom stereocenters.